The Kier molecular flexibility index (Phi) is 6.50. The van der Waals surface area contributed by atoms with Crippen LogP contribution in [0, 0.1) is 10.6 Å². The lowest BCUT2D eigenvalue weighted by atomic mass is 10.2. The summed E-state index contributed by atoms with van der Waals surface area (Å²) in [6.45, 7) is 2.07. The number of hydrogen-bond donors (Lipinski definition) is 1. The van der Waals surface area contributed by atoms with Crippen molar-refractivity contribution in [1.29, 1.82) is 0 Å². The van der Waals surface area contributed by atoms with Crippen LogP contribution in [0.2, 0.25) is 0 Å². The first-order chi connectivity index (χ1) is 14.3. The highest BCUT2D eigenvalue weighted by atomic mass is 32.1. The highest BCUT2D eigenvalue weighted by molar-refractivity contribution is 7.71. The van der Waals surface area contributed by atoms with Gasteiger partial charge in [-0.15, -0.1) is 5.10 Å². The van der Waals surface area contributed by atoms with Gasteiger partial charge in [0.15, 0.2) is 11.5 Å². The van der Waals surface area contributed by atoms with Gasteiger partial charge in [-0.3, -0.25) is 0 Å². The molecule has 1 aromatic heterocycles. The number of ether oxygens (including phenoxy) is 2. The minimum absolute atomic E-state index is 0.0146. The van der Waals surface area contributed by atoms with Crippen molar-refractivity contribution in [2.45, 2.75) is 19.7 Å². The van der Waals surface area contributed by atoms with Gasteiger partial charge in [0, 0.05) is 5.56 Å². The van der Waals surface area contributed by atoms with Crippen LogP contribution >= 0.6 is 12.2 Å². The predicted octanol–water partition coefficient (Wildman–Crippen LogP) is 4.96. The maximum Gasteiger partial charge on any atom is 0.453 e. The van der Waals surface area contributed by atoms with Crippen LogP contribution in [0.5, 0.6) is 11.5 Å². The fraction of sp³-hybridized carbons (Fsp3) is 0.211. The molecule has 0 unspecified atom stereocenters. The number of nitrogens with one attached hydrogen (secondary N) is 1. The van der Waals surface area contributed by atoms with E-state index in [4.69, 9.17) is 21.7 Å². The number of aromatic nitrogens is 3. The van der Waals surface area contributed by atoms with Crippen molar-refractivity contribution in [2.75, 3.05) is 6.61 Å². The number of halogens is 4. The molecular formula is C19H16F4N4O2S. The molecule has 1 N–H and O–H groups in total. The maximum absolute atomic E-state index is 13.8. The fourth-order valence-electron chi connectivity index (χ4n) is 2.47. The third kappa shape index (κ3) is 5.03. The largest absolute Gasteiger partial charge is 0.490 e. The molecule has 0 radical (unpaired) electrons. The molecule has 0 aliphatic rings. The van der Waals surface area contributed by atoms with E-state index in [-0.39, 0.29) is 11.4 Å². The van der Waals surface area contributed by atoms with Crippen molar-refractivity contribution in [2.24, 2.45) is 5.10 Å². The summed E-state index contributed by atoms with van der Waals surface area (Å²) < 4.78 is 64.0. The van der Waals surface area contributed by atoms with Gasteiger partial charge in [0.2, 0.25) is 4.77 Å². The molecule has 0 aliphatic heterocycles. The quantitative estimate of drug-likeness (QED) is 0.321. The normalized spacial score (nSPS) is 11.8. The summed E-state index contributed by atoms with van der Waals surface area (Å²) in [7, 11) is 0. The third-order valence-corrected chi connectivity index (χ3v) is 4.10. The van der Waals surface area contributed by atoms with Crippen LogP contribution in [0.3, 0.4) is 0 Å². The van der Waals surface area contributed by atoms with Crippen molar-refractivity contribution in [3.8, 4) is 11.5 Å². The topological polar surface area (TPSA) is 64.4 Å². The van der Waals surface area contributed by atoms with E-state index in [0.717, 1.165) is 0 Å². The van der Waals surface area contributed by atoms with Gasteiger partial charge in [-0.05, 0) is 49.0 Å². The van der Waals surface area contributed by atoms with E-state index < -0.39 is 17.8 Å². The molecule has 11 heteroatoms. The predicted molar refractivity (Wildman–Crippen MR) is 104 cm³/mol. The first-order valence-electron chi connectivity index (χ1n) is 8.71. The standard InChI is InChI=1S/C19H16F4N4O2S/c1-2-28-16-9-12(10-24-27-17(19(21,22)23)25-26-18(27)30)7-8-15(16)29-11-13-5-3-4-6-14(13)20/h3-10H,2,11H2,1H3,(H,26,30)/b24-10-. The van der Waals surface area contributed by atoms with E-state index in [1.165, 1.54) is 12.3 Å². The lowest BCUT2D eigenvalue weighted by Gasteiger charge is -2.13. The number of H-pyrrole nitrogens is 1. The molecule has 0 fully saturated rings. The highest BCUT2D eigenvalue weighted by Gasteiger charge is 2.37. The Labute approximate surface area is 173 Å². The lowest BCUT2D eigenvalue weighted by molar-refractivity contribution is -0.147. The summed E-state index contributed by atoms with van der Waals surface area (Å²) in [5.74, 6) is -0.965. The Morgan fingerprint density at radius 2 is 1.93 bits per heavy atom. The van der Waals surface area contributed by atoms with Gasteiger partial charge in [0.05, 0.1) is 12.8 Å². The minimum Gasteiger partial charge on any atom is -0.490 e. The van der Waals surface area contributed by atoms with Crippen molar-refractivity contribution in [3.63, 3.8) is 0 Å². The Morgan fingerprint density at radius 1 is 1.17 bits per heavy atom. The Hall–Kier alpha value is -3.21. The molecule has 2 aromatic carbocycles. The number of hydrogen-bond acceptors (Lipinski definition) is 5. The molecule has 0 saturated heterocycles. The van der Waals surface area contributed by atoms with Crippen LogP contribution in [0.1, 0.15) is 23.9 Å². The molecule has 1 heterocycles. The van der Waals surface area contributed by atoms with Gasteiger partial charge >= 0.3 is 6.18 Å². The molecule has 0 saturated carbocycles. The molecule has 30 heavy (non-hydrogen) atoms. The summed E-state index contributed by atoms with van der Waals surface area (Å²) >= 11 is 4.79. The number of nitrogens with zero attached hydrogens (tertiary/aromatic N) is 3. The molecule has 0 aliphatic carbocycles. The summed E-state index contributed by atoms with van der Waals surface area (Å²) in [6.07, 6.45) is -3.53. The Morgan fingerprint density at radius 3 is 2.63 bits per heavy atom. The summed E-state index contributed by atoms with van der Waals surface area (Å²) in [4.78, 5) is 0. The average Bonchev–Trinajstić information content (AvgIpc) is 3.08. The third-order valence-electron chi connectivity index (χ3n) is 3.83. The van der Waals surface area contributed by atoms with Crippen LogP contribution in [0.25, 0.3) is 0 Å². The van der Waals surface area contributed by atoms with Gasteiger partial charge in [-0.2, -0.15) is 22.9 Å². The Bertz CT molecular complexity index is 1110. The van der Waals surface area contributed by atoms with Gasteiger partial charge in [0.25, 0.3) is 5.82 Å². The van der Waals surface area contributed by atoms with E-state index in [1.54, 1.807) is 43.3 Å². The molecule has 3 rings (SSSR count). The SMILES string of the molecule is CCOc1cc(/C=N\n2c(C(F)(F)F)n[nH]c2=S)ccc1OCc1ccccc1F. The minimum atomic E-state index is -4.72. The van der Waals surface area contributed by atoms with Crippen LogP contribution in [-0.4, -0.2) is 27.7 Å². The van der Waals surface area contributed by atoms with E-state index in [9.17, 15) is 17.6 Å². The van der Waals surface area contributed by atoms with Crippen LogP contribution in [0.4, 0.5) is 17.6 Å². The van der Waals surface area contributed by atoms with E-state index >= 15 is 0 Å². The smallest absolute Gasteiger partial charge is 0.453 e. The van der Waals surface area contributed by atoms with E-state index in [0.29, 0.717) is 33.9 Å². The average molecular weight is 440 g/mol. The highest BCUT2D eigenvalue weighted by Crippen LogP contribution is 2.30. The molecule has 6 nitrogen and oxygen atoms in total. The van der Waals surface area contributed by atoms with Gasteiger partial charge in [0.1, 0.15) is 12.4 Å². The zero-order valence-electron chi connectivity index (χ0n) is 15.6. The van der Waals surface area contributed by atoms with Gasteiger partial charge < -0.3 is 9.47 Å². The van der Waals surface area contributed by atoms with Crippen LogP contribution in [0.15, 0.2) is 47.6 Å². The lowest BCUT2D eigenvalue weighted by Crippen LogP contribution is -2.12. The molecular weight excluding hydrogens is 424 g/mol. The van der Waals surface area contributed by atoms with E-state index in [2.05, 4.69) is 15.3 Å². The first kappa shape index (κ1) is 21.5. The number of aromatic amines is 1. The van der Waals surface area contributed by atoms with Crippen LogP contribution in [-0.2, 0) is 12.8 Å². The number of alkyl halides is 3. The maximum atomic E-state index is 13.8. The van der Waals surface area contributed by atoms with Gasteiger partial charge in [-0.25, -0.2) is 9.49 Å². The zero-order chi connectivity index (χ0) is 21.7. The molecule has 0 bridgehead atoms. The molecule has 0 spiro atoms. The van der Waals surface area contributed by atoms with Crippen molar-refractivity contribution >= 4 is 18.4 Å². The zero-order valence-corrected chi connectivity index (χ0v) is 16.4. The fourth-order valence-corrected chi connectivity index (χ4v) is 2.65. The second kappa shape index (κ2) is 9.08. The summed E-state index contributed by atoms with van der Waals surface area (Å²) in [6, 6.07) is 10.9. The van der Waals surface area contributed by atoms with E-state index in [1.807, 2.05) is 0 Å². The summed E-state index contributed by atoms with van der Waals surface area (Å²) in [5, 5.41) is 8.98. The second-order valence-corrected chi connectivity index (χ2v) is 6.31. The monoisotopic (exact) mass is 440 g/mol. The van der Waals surface area contributed by atoms with Crippen molar-refractivity contribution in [3.05, 3.63) is 70.0 Å². The van der Waals surface area contributed by atoms with Crippen LogP contribution < -0.4 is 9.47 Å². The first-order valence-corrected chi connectivity index (χ1v) is 9.12. The number of benzene rings is 2. The molecule has 0 amide bonds. The molecule has 0 atom stereocenters. The number of rotatable bonds is 7. The summed E-state index contributed by atoms with van der Waals surface area (Å²) in [5.41, 5.74) is 0.813. The Balaban J connectivity index is 1.83. The second-order valence-electron chi connectivity index (χ2n) is 5.93. The molecule has 3 aromatic rings. The molecule has 158 valence electrons. The van der Waals surface area contributed by atoms with Crippen molar-refractivity contribution < 1.29 is 27.0 Å². The van der Waals surface area contributed by atoms with Crippen molar-refractivity contribution in [1.82, 2.24) is 14.9 Å². The van der Waals surface area contributed by atoms with Gasteiger partial charge in [-0.1, -0.05) is 18.2 Å².